The number of hydrogen-bond donors (Lipinski definition) is 3. The normalized spacial score (nSPS) is 11.0. The Hall–Kier alpha value is -4.86. The quantitative estimate of drug-likeness (QED) is 0.323. The van der Waals surface area contributed by atoms with Gasteiger partial charge in [0.05, 0.1) is 25.5 Å². The van der Waals surface area contributed by atoms with Crippen LogP contribution >= 0.6 is 0 Å². The lowest BCUT2D eigenvalue weighted by Crippen LogP contribution is -2.26. The van der Waals surface area contributed by atoms with Gasteiger partial charge < -0.3 is 21.5 Å². The van der Waals surface area contributed by atoms with Crippen LogP contribution in [-0.2, 0) is 19.6 Å². The number of nitrogens with zero attached hydrogens (tertiary/aromatic N) is 5. The highest BCUT2D eigenvalue weighted by Gasteiger charge is 2.13. The zero-order valence-electron chi connectivity index (χ0n) is 19.8. The molecule has 182 valence electrons. The number of aromatic nitrogens is 5. The second-order valence-electron chi connectivity index (χ2n) is 8.60. The van der Waals surface area contributed by atoms with Crippen molar-refractivity contribution in [2.45, 2.75) is 26.6 Å². The van der Waals surface area contributed by atoms with E-state index in [1.807, 2.05) is 60.4 Å². The molecule has 3 heterocycles. The van der Waals surface area contributed by atoms with E-state index < -0.39 is 6.09 Å². The van der Waals surface area contributed by atoms with Crippen LogP contribution in [0.2, 0.25) is 0 Å². The maximum Gasteiger partial charge on any atom is 0.413 e. The zero-order chi connectivity index (χ0) is 25.1. The number of anilines is 2. The Morgan fingerprint density at radius 1 is 0.944 bits per heavy atom. The lowest BCUT2D eigenvalue weighted by atomic mass is 10.1. The second kappa shape index (κ2) is 9.79. The van der Waals surface area contributed by atoms with Gasteiger partial charge in [-0.1, -0.05) is 36.4 Å². The second-order valence-corrected chi connectivity index (χ2v) is 8.60. The third kappa shape index (κ3) is 5.27. The van der Waals surface area contributed by atoms with Gasteiger partial charge in [-0.2, -0.15) is 10.2 Å². The summed E-state index contributed by atoms with van der Waals surface area (Å²) in [5, 5.41) is 13.1. The summed E-state index contributed by atoms with van der Waals surface area (Å²) in [6.45, 7) is 3.51. The minimum absolute atomic E-state index is 0.143. The van der Waals surface area contributed by atoms with Crippen LogP contribution in [0.15, 0.2) is 73.3 Å². The fraction of sp³-hybridized carbons (Fsp3) is 0.154. The lowest BCUT2D eigenvalue weighted by molar-refractivity contribution is 0.200. The maximum absolute atomic E-state index is 12.3. The predicted octanol–water partition coefficient (Wildman–Crippen LogP) is 3.49. The van der Waals surface area contributed by atoms with Crippen LogP contribution in [0.25, 0.3) is 10.8 Å². The van der Waals surface area contributed by atoms with Gasteiger partial charge in [0.2, 0.25) is 0 Å². The highest BCUT2D eigenvalue weighted by molar-refractivity contribution is 5.91. The van der Waals surface area contributed by atoms with Crippen LogP contribution in [0.4, 0.5) is 16.4 Å². The summed E-state index contributed by atoms with van der Waals surface area (Å²) >= 11 is 0. The van der Waals surface area contributed by atoms with Gasteiger partial charge in [-0.25, -0.2) is 9.78 Å². The molecular weight excluding hydrogens is 456 g/mol. The molecule has 1 amide bonds. The molecule has 0 spiro atoms. The van der Waals surface area contributed by atoms with Gasteiger partial charge in [0.25, 0.3) is 0 Å². The minimum atomic E-state index is -0.617. The molecule has 36 heavy (non-hydrogen) atoms. The average Bonchev–Trinajstić information content (AvgIpc) is 3.43. The van der Waals surface area contributed by atoms with Crippen molar-refractivity contribution < 1.29 is 9.53 Å². The Morgan fingerprint density at radius 3 is 2.39 bits per heavy atom. The van der Waals surface area contributed by atoms with Crippen LogP contribution in [-0.4, -0.2) is 30.6 Å². The molecule has 0 fully saturated rings. The van der Waals surface area contributed by atoms with Crippen LogP contribution < -0.4 is 21.5 Å². The predicted molar refractivity (Wildman–Crippen MR) is 137 cm³/mol. The van der Waals surface area contributed by atoms with Gasteiger partial charge in [0.1, 0.15) is 5.82 Å². The molecule has 10 heteroatoms. The van der Waals surface area contributed by atoms with Gasteiger partial charge in [-0.15, -0.1) is 0 Å². The smallest absolute Gasteiger partial charge is 0.405 e. The molecule has 0 aliphatic heterocycles. The van der Waals surface area contributed by atoms with E-state index in [-0.39, 0.29) is 18.1 Å². The number of nitrogens with two attached hydrogens (primary N) is 2. The number of ether oxygens (including phenoxy) is 1. The SMILES string of the molecule is Cc1cnn(Cc2ccc(Cn3cc(OC(=O)NCc4ccc5c(N)nccc5c4)c(N)n3)cc2)c1. The van der Waals surface area contributed by atoms with Crippen molar-refractivity contribution in [3.8, 4) is 5.75 Å². The highest BCUT2D eigenvalue weighted by atomic mass is 16.6. The number of fused-ring (bicyclic) bond motifs is 1. The molecular formula is C26H26N8O2. The van der Waals surface area contributed by atoms with E-state index in [0.29, 0.717) is 18.9 Å². The zero-order valence-corrected chi connectivity index (χ0v) is 19.8. The number of pyridine rings is 1. The van der Waals surface area contributed by atoms with Gasteiger partial charge in [0, 0.05) is 24.3 Å². The molecule has 0 bridgehead atoms. The first-order valence-corrected chi connectivity index (χ1v) is 11.4. The molecule has 3 aromatic heterocycles. The van der Waals surface area contributed by atoms with Crippen LogP contribution in [0.5, 0.6) is 5.75 Å². The fourth-order valence-corrected chi connectivity index (χ4v) is 3.93. The Balaban J connectivity index is 1.16. The van der Waals surface area contributed by atoms with Gasteiger partial charge in [-0.3, -0.25) is 9.36 Å². The number of carbonyl (C=O) groups excluding carboxylic acids is 1. The lowest BCUT2D eigenvalue weighted by Gasteiger charge is -2.07. The minimum Gasteiger partial charge on any atom is -0.405 e. The van der Waals surface area contributed by atoms with E-state index in [1.165, 1.54) is 0 Å². The standard InChI is InChI=1S/C26H26N8O2/c1-17-11-31-33(13-17)14-18-2-4-19(5-3-18)15-34-16-23(25(28)32-34)36-26(35)30-12-20-6-7-22-21(10-20)8-9-29-24(22)27/h2-11,13,16H,12,14-15H2,1H3,(H2,27,29)(H2,28,32)(H,30,35). The van der Waals surface area contributed by atoms with Gasteiger partial charge >= 0.3 is 6.09 Å². The van der Waals surface area contributed by atoms with Crippen molar-refractivity contribution >= 4 is 28.5 Å². The van der Waals surface area contributed by atoms with E-state index >= 15 is 0 Å². The fourth-order valence-electron chi connectivity index (χ4n) is 3.93. The number of benzene rings is 2. The molecule has 0 aliphatic carbocycles. The molecule has 0 radical (unpaired) electrons. The molecule has 0 saturated heterocycles. The molecule has 10 nitrogen and oxygen atoms in total. The Bertz CT molecular complexity index is 1520. The van der Waals surface area contributed by atoms with Crippen molar-refractivity contribution in [1.29, 1.82) is 0 Å². The molecule has 2 aromatic carbocycles. The van der Waals surface area contributed by atoms with Crippen molar-refractivity contribution in [3.63, 3.8) is 0 Å². The molecule has 0 aliphatic rings. The Kier molecular flexibility index (Phi) is 6.23. The maximum atomic E-state index is 12.3. The molecule has 5 aromatic rings. The van der Waals surface area contributed by atoms with E-state index in [4.69, 9.17) is 16.2 Å². The highest BCUT2D eigenvalue weighted by Crippen LogP contribution is 2.21. The van der Waals surface area contributed by atoms with Crippen molar-refractivity contribution in [3.05, 3.63) is 95.6 Å². The summed E-state index contributed by atoms with van der Waals surface area (Å²) < 4.78 is 8.93. The number of nitrogens with one attached hydrogen (secondary N) is 1. The van der Waals surface area contributed by atoms with Gasteiger partial charge in [0.15, 0.2) is 11.6 Å². The van der Waals surface area contributed by atoms with Crippen LogP contribution in [0, 0.1) is 6.92 Å². The summed E-state index contributed by atoms with van der Waals surface area (Å²) in [5.41, 5.74) is 16.1. The Labute approximate surface area is 207 Å². The van der Waals surface area contributed by atoms with Crippen LogP contribution in [0.3, 0.4) is 0 Å². The molecule has 5 rings (SSSR count). The van der Waals surface area contributed by atoms with Crippen molar-refractivity contribution in [1.82, 2.24) is 29.9 Å². The first-order valence-electron chi connectivity index (χ1n) is 11.4. The van der Waals surface area contributed by atoms with Crippen molar-refractivity contribution in [2.24, 2.45) is 0 Å². The topological polar surface area (TPSA) is 139 Å². The first-order chi connectivity index (χ1) is 17.4. The van der Waals surface area contributed by atoms with Gasteiger partial charge in [-0.05, 0) is 46.7 Å². The summed E-state index contributed by atoms with van der Waals surface area (Å²) in [6, 6.07) is 15.8. The average molecular weight is 483 g/mol. The summed E-state index contributed by atoms with van der Waals surface area (Å²) in [4.78, 5) is 16.4. The molecule has 0 atom stereocenters. The number of amides is 1. The monoisotopic (exact) mass is 482 g/mol. The third-order valence-electron chi connectivity index (χ3n) is 5.73. The number of aryl methyl sites for hydroxylation is 1. The molecule has 5 N–H and O–H groups in total. The van der Waals surface area contributed by atoms with Crippen molar-refractivity contribution in [2.75, 3.05) is 11.5 Å². The number of nitrogen functional groups attached to an aromatic ring is 2. The van der Waals surface area contributed by atoms with E-state index in [1.54, 1.807) is 17.1 Å². The number of carbonyl (C=O) groups is 1. The summed E-state index contributed by atoms with van der Waals surface area (Å²) in [7, 11) is 0. The van der Waals surface area contributed by atoms with E-state index in [0.717, 1.165) is 33.0 Å². The third-order valence-corrected chi connectivity index (χ3v) is 5.73. The summed E-state index contributed by atoms with van der Waals surface area (Å²) in [5.74, 6) is 0.819. The molecule has 0 saturated carbocycles. The summed E-state index contributed by atoms with van der Waals surface area (Å²) in [6.07, 6.45) is 6.50. The van der Waals surface area contributed by atoms with E-state index in [9.17, 15) is 4.79 Å². The number of hydrogen-bond acceptors (Lipinski definition) is 7. The Morgan fingerprint density at radius 2 is 1.67 bits per heavy atom. The van der Waals surface area contributed by atoms with E-state index in [2.05, 4.69) is 32.6 Å². The molecule has 0 unspecified atom stereocenters. The number of rotatable bonds is 7. The first kappa shape index (κ1) is 22.9. The largest absolute Gasteiger partial charge is 0.413 e. The van der Waals surface area contributed by atoms with Crippen LogP contribution in [0.1, 0.15) is 22.3 Å².